The maximum absolute atomic E-state index is 9.27. The van der Waals surface area contributed by atoms with Gasteiger partial charge in [0, 0.05) is 21.8 Å². The second kappa shape index (κ2) is 6.22. The number of rotatable bonds is 5. The van der Waals surface area contributed by atoms with Gasteiger partial charge in [0.1, 0.15) is 5.75 Å². The molecule has 0 saturated heterocycles. The van der Waals surface area contributed by atoms with E-state index in [1.165, 1.54) is 15.3 Å². The Morgan fingerprint density at radius 2 is 1.79 bits per heavy atom. The van der Waals surface area contributed by atoms with Crippen molar-refractivity contribution in [2.45, 2.75) is 39.3 Å². The number of phenolic OH excluding ortho intramolecular Hbond substituents is 1. The quantitative estimate of drug-likeness (QED) is 0.863. The lowest BCUT2D eigenvalue weighted by atomic mass is 10.1. The number of thiophene rings is 1. The third kappa shape index (κ3) is 4.08. The molecule has 102 valence electrons. The first-order valence-electron chi connectivity index (χ1n) is 6.65. The van der Waals surface area contributed by atoms with Gasteiger partial charge >= 0.3 is 0 Å². The molecule has 2 unspecified atom stereocenters. The van der Waals surface area contributed by atoms with E-state index >= 15 is 0 Å². The molecule has 3 heteroatoms. The molecule has 2 rings (SSSR count). The molecule has 0 aliphatic carbocycles. The van der Waals surface area contributed by atoms with E-state index in [9.17, 15) is 5.11 Å². The molecule has 0 fully saturated rings. The Morgan fingerprint density at radius 1 is 1.11 bits per heavy atom. The highest BCUT2D eigenvalue weighted by atomic mass is 32.1. The van der Waals surface area contributed by atoms with Crippen molar-refractivity contribution in [2.75, 3.05) is 0 Å². The molecule has 0 aliphatic rings. The zero-order valence-electron chi connectivity index (χ0n) is 11.7. The number of hydrogen-bond acceptors (Lipinski definition) is 3. The largest absolute Gasteiger partial charge is 0.508 e. The summed E-state index contributed by atoms with van der Waals surface area (Å²) >= 11 is 1.85. The van der Waals surface area contributed by atoms with E-state index in [0.29, 0.717) is 17.8 Å². The minimum Gasteiger partial charge on any atom is -0.508 e. The molecule has 1 aromatic carbocycles. The number of benzene rings is 1. The third-order valence-corrected chi connectivity index (χ3v) is 4.38. The van der Waals surface area contributed by atoms with Gasteiger partial charge in [-0.25, -0.2) is 0 Å². The summed E-state index contributed by atoms with van der Waals surface area (Å²) in [7, 11) is 0. The fourth-order valence-electron chi connectivity index (χ4n) is 2.24. The van der Waals surface area contributed by atoms with E-state index in [0.717, 1.165) is 6.42 Å². The number of nitrogens with one attached hydrogen (secondary N) is 1. The zero-order valence-corrected chi connectivity index (χ0v) is 12.5. The zero-order chi connectivity index (χ0) is 13.8. The van der Waals surface area contributed by atoms with Gasteiger partial charge in [0.05, 0.1) is 0 Å². The Kier molecular flexibility index (Phi) is 4.61. The minimum absolute atomic E-state index is 0.326. The van der Waals surface area contributed by atoms with E-state index < -0.39 is 0 Å². The average molecular weight is 275 g/mol. The fourth-order valence-corrected chi connectivity index (χ4v) is 3.13. The Morgan fingerprint density at radius 3 is 2.37 bits per heavy atom. The van der Waals surface area contributed by atoms with Crippen molar-refractivity contribution in [2.24, 2.45) is 0 Å². The smallest absolute Gasteiger partial charge is 0.115 e. The average Bonchev–Trinajstić information content (AvgIpc) is 2.79. The maximum Gasteiger partial charge on any atom is 0.115 e. The van der Waals surface area contributed by atoms with Crippen LogP contribution in [0.5, 0.6) is 5.75 Å². The highest BCUT2D eigenvalue weighted by Crippen LogP contribution is 2.23. The number of phenols is 1. The van der Waals surface area contributed by atoms with Crippen LogP contribution in [-0.2, 0) is 6.42 Å². The van der Waals surface area contributed by atoms with Gasteiger partial charge < -0.3 is 10.4 Å². The molecule has 0 bridgehead atoms. The molecule has 1 heterocycles. The van der Waals surface area contributed by atoms with Crippen LogP contribution in [0.4, 0.5) is 0 Å². The maximum atomic E-state index is 9.27. The van der Waals surface area contributed by atoms with E-state index in [2.05, 4.69) is 38.2 Å². The summed E-state index contributed by atoms with van der Waals surface area (Å²) in [5, 5.41) is 12.9. The van der Waals surface area contributed by atoms with E-state index in [-0.39, 0.29) is 0 Å². The molecule has 2 aromatic rings. The Labute approximate surface area is 119 Å². The molecule has 0 aliphatic heterocycles. The van der Waals surface area contributed by atoms with Gasteiger partial charge in [-0.05, 0) is 57.0 Å². The van der Waals surface area contributed by atoms with Crippen molar-refractivity contribution < 1.29 is 5.11 Å². The van der Waals surface area contributed by atoms with Crippen LogP contribution < -0.4 is 5.32 Å². The molecular formula is C16H21NOS. The summed E-state index contributed by atoms with van der Waals surface area (Å²) in [5.74, 6) is 0.326. The molecule has 0 radical (unpaired) electrons. The van der Waals surface area contributed by atoms with Crippen LogP contribution >= 0.6 is 11.3 Å². The third-order valence-electron chi connectivity index (χ3n) is 3.20. The van der Waals surface area contributed by atoms with Crippen molar-refractivity contribution in [1.82, 2.24) is 5.32 Å². The molecule has 2 N–H and O–H groups in total. The first-order valence-corrected chi connectivity index (χ1v) is 7.46. The number of aryl methyl sites for hydroxylation is 1. The second-order valence-corrected chi connectivity index (χ2v) is 6.43. The first-order chi connectivity index (χ1) is 9.04. The summed E-state index contributed by atoms with van der Waals surface area (Å²) in [6, 6.07) is 12.6. The molecular weight excluding hydrogens is 254 g/mol. The van der Waals surface area contributed by atoms with Gasteiger partial charge in [0.25, 0.3) is 0 Å². The van der Waals surface area contributed by atoms with Crippen LogP contribution in [0.15, 0.2) is 36.4 Å². The SMILES string of the molecule is Cc1ccc(C(C)NC(C)Cc2ccc(O)cc2)s1. The van der Waals surface area contributed by atoms with Crippen molar-refractivity contribution in [3.8, 4) is 5.75 Å². The molecule has 0 saturated carbocycles. The lowest BCUT2D eigenvalue weighted by Crippen LogP contribution is -2.30. The van der Waals surface area contributed by atoms with Crippen molar-refractivity contribution in [3.05, 3.63) is 51.7 Å². The van der Waals surface area contributed by atoms with Gasteiger partial charge in [-0.15, -0.1) is 11.3 Å². The molecule has 1 aromatic heterocycles. The molecule has 2 atom stereocenters. The van der Waals surface area contributed by atoms with Gasteiger partial charge in [-0.3, -0.25) is 0 Å². The van der Waals surface area contributed by atoms with Crippen LogP contribution in [-0.4, -0.2) is 11.1 Å². The number of hydrogen-bond donors (Lipinski definition) is 2. The standard InChI is InChI=1S/C16H21NOS/c1-11(10-14-5-7-15(18)8-6-14)17-13(3)16-9-4-12(2)19-16/h4-9,11,13,17-18H,10H2,1-3H3. The van der Waals surface area contributed by atoms with Crippen molar-refractivity contribution in [1.29, 1.82) is 0 Å². The molecule has 0 spiro atoms. The highest BCUT2D eigenvalue weighted by molar-refractivity contribution is 7.12. The van der Waals surface area contributed by atoms with Gasteiger partial charge in [0.15, 0.2) is 0 Å². The normalized spacial score (nSPS) is 14.3. The summed E-state index contributed by atoms with van der Waals surface area (Å²) in [4.78, 5) is 2.74. The second-order valence-electron chi connectivity index (χ2n) is 5.11. The summed E-state index contributed by atoms with van der Waals surface area (Å²) in [5.41, 5.74) is 1.24. The monoisotopic (exact) mass is 275 g/mol. The highest BCUT2D eigenvalue weighted by Gasteiger charge is 2.11. The molecule has 0 amide bonds. The van der Waals surface area contributed by atoms with Crippen molar-refractivity contribution in [3.63, 3.8) is 0 Å². The van der Waals surface area contributed by atoms with Crippen LogP contribution in [0.1, 0.15) is 35.2 Å². The molecule has 2 nitrogen and oxygen atoms in total. The lowest BCUT2D eigenvalue weighted by Gasteiger charge is -2.19. The predicted molar refractivity (Wildman–Crippen MR) is 81.9 cm³/mol. The first kappa shape index (κ1) is 14.1. The minimum atomic E-state index is 0.326. The van der Waals surface area contributed by atoms with Crippen LogP contribution in [0.25, 0.3) is 0 Å². The predicted octanol–water partition coefficient (Wildman–Crippen LogP) is 4.04. The lowest BCUT2D eigenvalue weighted by molar-refractivity contribution is 0.472. The van der Waals surface area contributed by atoms with E-state index in [1.54, 1.807) is 12.1 Å². The van der Waals surface area contributed by atoms with Crippen LogP contribution in [0.3, 0.4) is 0 Å². The van der Waals surface area contributed by atoms with Gasteiger partial charge in [0.2, 0.25) is 0 Å². The summed E-state index contributed by atoms with van der Waals surface area (Å²) in [6.07, 6.45) is 0.967. The number of aromatic hydroxyl groups is 1. The van der Waals surface area contributed by atoms with Gasteiger partial charge in [-0.2, -0.15) is 0 Å². The van der Waals surface area contributed by atoms with Crippen LogP contribution in [0, 0.1) is 6.92 Å². The Hall–Kier alpha value is -1.32. The summed E-state index contributed by atoms with van der Waals surface area (Å²) in [6.45, 7) is 6.54. The Bertz CT molecular complexity index is 518. The summed E-state index contributed by atoms with van der Waals surface area (Å²) < 4.78 is 0. The fraction of sp³-hybridized carbons (Fsp3) is 0.375. The van der Waals surface area contributed by atoms with Gasteiger partial charge in [-0.1, -0.05) is 12.1 Å². The van der Waals surface area contributed by atoms with Crippen molar-refractivity contribution >= 4 is 11.3 Å². The van der Waals surface area contributed by atoms with Crippen LogP contribution in [0.2, 0.25) is 0 Å². The topological polar surface area (TPSA) is 32.3 Å². The van der Waals surface area contributed by atoms with E-state index in [1.807, 2.05) is 23.5 Å². The molecule has 19 heavy (non-hydrogen) atoms. The Balaban J connectivity index is 1.90. The van der Waals surface area contributed by atoms with E-state index in [4.69, 9.17) is 0 Å².